The SMILES string of the molecule is CCO[P+]1(COc2ccc(C[C@@H]3[C@H](O)[C@@H](O)C(c4ccc(OC)cc4)N(Cc4cccc(N)c4)C(=O)N3Cc3cccc(N)c3)cc2)OC(C)O1. The minimum Gasteiger partial charge on any atom is -0.497 e. The maximum absolute atomic E-state index is 15.0. The van der Waals surface area contributed by atoms with Gasteiger partial charge in [-0.25, -0.2) is 4.79 Å². The first kappa shape index (κ1) is 36.4. The van der Waals surface area contributed by atoms with Crippen LogP contribution < -0.4 is 20.9 Å². The minimum absolute atomic E-state index is 0.134. The van der Waals surface area contributed by atoms with Crippen molar-refractivity contribution in [3.05, 3.63) is 119 Å². The molecule has 2 heterocycles. The monoisotopic (exact) mass is 717 g/mol. The number of aliphatic hydroxyl groups excluding tert-OH is 2. The van der Waals surface area contributed by atoms with Crippen LogP contribution in [-0.4, -0.2) is 70.6 Å². The first-order chi connectivity index (χ1) is 24.6. The highest BCUT2D eigenvalue weighted by molar-refractivity contribution is 7.62. The number of hydrogen-bond acceptors (Lipinski definition) is 10. The molecule has 6 N–H and O–H groups in total. The van der Waals surface area contributed by atoms with Gasteiger partial charge in [-0.15, -0.1) is 9.05 Å². The molecule has 2 aliphatic heterocycles. The third kappa shape index (κ3) is 8.39. The molecule has 2 fully saturated rings. The maximum atomic E-state index is 15.0. The van der Waals surface area contributed by atoms with Crippen molar-refractivity contribution in [3.63, 3.8) is 0 Å². The van der Waals surface area contributed by atoms with Crippen molar-refractivity contribution in [2.45, 2.75) is 63.9 Å². The number of anilines is 2. The lowest BCUT2D eigenvalue weighted by Crippen LogP contribution is -2.50. The normalized spacial score (nSPS) is 24.9. The zero-order valence-electron chi connectivity index (χ0n) is 29.0. The number of carbonyl (C=O) groups excluding carboxylic acids is 1. The van der Waals surface area contributed by atoms with Crippen molar-refractivity contribution in [2.75, 3.05) is 31.5 Å². The number of amides is 2. The molecule has 12 nitrogen and oxygen atoms in total. The number of methoxy groups -OCH3 is 1. The fraction of sp³-hybridized carbons (Fsp3) is 0.342. The van der Waals surface area contributed by atoms with Crippen molar-refractivity contribution in [1.29, 1.82) is 0 Å². The van der Waals surface area contributed by atoms with Gasteiger partial charge in [0.25, 0.3) is 12.6 Å². The number of rotatable bonds is 13. The molecule has 51 heavy (non-hydrogen) atoms. The molecule has 0 bridgehead atoms. The number of ether oxygens (including phenoxy) is 2. The Balaban J connectivity index is 1.34. The van der Waals surface area contributed by atoms with Gasteiger partial charge >= 0.3 is 14.0 Å². The summed E-state index contributed by atoms with van der Waals surface area (Å²) >= 11 is 0. The van der Waals surface area contributed by atoms with E-state index in [4.69, 9.17) is 34.5 Å². The molecule has 4 aromatic carbocycles. The van der Waals surface area contributed by atoms with E-state index in [0.29, 0.717) is 35.0 Å². The second-order valence-electron chi connectivity index (χ2n) is 12.7. The van der Waals surface area contributed by atoms with Crippen LogP contribution in [0.4, 0.5) is 16.2 Å². The number of carbonyl (C=O) groups is 1. The molecule has 0 aromatic heterocycles. The third-order valence-corrected chi connectivity index (χ3v) is 11.4. The van der Waals surface area contributed by atoms with Crippen LogP contribution in [0.3, 0.4) is 0 Å². The molecular weight excluding hydrogens is 671 g/mol. The number of benzene rings is 4. The van der Waals surface area contributed by atoms with E-state index in [1.165, 1.54) is 0 Å². The first-order valence-electron chi connectivity index (χ1n) is 17.0. The Labute approximate surface area is 299 Å². The lowest BCUT2D eigenvalue weighted by Gasteiger charge is -2.36. The van der Waals surface area contributed by atoms with Gasteiger partial charge in [0.15, 0.2) is 0 Å². The lowest BCUT2D eigenvalue weighted by molar-refractivity contribution is -0.109. The Bertz CT molecular complexity index is 1770. The van der Waals surface area contributed by atoms with E-state index in [0.717, 1.165) is 16.7 Å². The fourth-order valence-electron chi connectivity index (χ4n) is 6.68. The van der Waals surface area contributed by atoms with Gasteiger partial charge in [-0.1, -0.05) is 48.5 Å². The number of aliphatic hydroxyl groups is 2. The van der Waals surface area contributed by atoms with Gasteiger partial charge < -0.3 is 41.0 Å². The summed E-state index contributed by atoms with van der Waals surface area (Å²) in [4.78, 5) is 18.2. The topological polar surface area (TPSA) is 162 Å². The summed E-state index contributed by atoms with van der Waals surface area (Å²) in [5, 5.41) is 24.2. The summed E-state index contributed by atoms with van der Waals surface area (Å²) in [7, 11) is -0.957. The van der Waals surface area contributed by atoms with Crippen LogP contribution in [0.15, 0.2) is 97.1 Å². The Morgan fingerprint density at radius 2 is 1.37 bits per heavy atom. The predicted molar refractivity (Wildman–Crippen MR) is 196 cm³/mol. The van der Waals surface area contributed by atoms with Crippen molar-refractivity contribution >= 4 is 25.3 Å². The lowest BCUT2D eigenvalue weighted by atomic mass is 9.90. The second-order valence-corrected chi connectivity index (χ2v) is 14.9. The zero-order chi connectivity index (χ0) is 36.1. The molecule has 4 atom stereocenters. The van der Waals surface area contributed by atoms with E-state index in [2.05, 4.69) is 0 Å². The van der Waals surface area contributed by atoms with Crippen LogP contribution in [0.25, 0.3) is 0 Å². The summed E-state index contributed by atoms with van der Waals surface area (Å²) in [6.45, 7) is 4.40. The van der Waals surface area contributed by atoms with Crippen LogP contribution in [0.2, 0.25) is 0 Å². The molecule has 6 rings (SSSR count). The maximum Gasteiger partial charge on any atom is 0.457 e. The fourth-order valence-corrected chi connectivity index (χ4v) is 8.62. The third-order valence-electron chi connectivity index (χ3n) is 9.06. The van der Waals surface area contributed by atoms with E-state index in [-0.39, 0.29) is 38.2 Å². The van der Waals surface area contributed by atoms with E-state index in [1.54, 1.807) is 65.4 Å². The van der Waals surface area contributed by atoms with E-state index in [1.807, 2.05) is 62.4 Å². The van der Waals surface area contributed by atoms with Gasteiger partial charge in [0, 0.05) is 24.5 Å². The van der Waals surface area contributed by atoms with Gasteiger partial charge in [-0.2, -0.15) is 4.52 Å². The molecule has 2 amide bonds. The quantitative estimate of drug-likeness (QED) is 0.0968. The number of urea groups is 1. The average molecular weight is 718 g/mol. The molecule has 0 spiro atoms. The standard InChI is InChI=1S/C38H46N4O8P/c1-4-48-51(49-25(2)50-51)24-47-33-15-11-26(12-16-33)21-34-36(43)37(44)35(29-13-17-32(46-3)18-14-29)42(23-28-8-6-10-31(40)20-28)38(45)41(34)22-27-7-5-9-30(39)19-27/h5-20,25,34-37,43-44H,4,21-24,39-40H2,1-3H3/q+1/t25?,34-,35?,36+,37+,51?/m1/s1. The summed E-state index contributed by atoms with van der Waals surface area (Å²) in [6, 6.07) is 27.1. The molecule has 0 aliphatic carbocycles. The van der Waals surface area contributed by atoms with Gasteiger partial charge in [-0.3, -0.25) is 0 Å². The molecule has 1 unspecified atom stereocenters. The van der Waals surface area contributed by atoms with Crippen molar-refractivity contribution in [1.82, 2.24) is 9.80 Å². The molecule has 0 radical (unpaired) electrons. The van der Waals surface area contributed by atoms with E-state index in [9.17, 15) is 15.0 Å². The Hall–Kier alpha value is -4.42. The second kappa shape index (κ2) is 15.9. The minimum atomic E-state index is -2.53. The molecule has 2 aliphatic rings. The summed E-state index contributed by atoms with van der Waals surface area (Å²) < 4.78 is 28.6. The molecular formula is C38H46N4O8P+. The van der Waals surface area contributed by atoms with E-state index >= 15 is 0 Å². The molecule has 13 heteroatoms. The largest absolute Gasteiger partial charge is 0.497 e. The zero-order valence-corrected chi connectivity index (χ0v) is 29.9. The van der Waals surface area contributed by atoms with Crippen molar-refractivity contribution < 1.29 is 38.1 Å². The van der Waals surface area contributed by atoms with Gasteiger partial charge in [0.05, 0.1) is 25.8 Å². The summed E-state index contributed by atoms with van der Waals surface area (Å²) in [6.07, 6.45) is -2.63. The van der Waals surface area contributed by atoms with Crippen LogP contribution in [-0.2, 0) is 33.1 Å². The van der Waals surface area contributed by atoms with Crippen LogP contribution in [0.1, 0.15) is 42.1 Å². The number of nitrogens with zero attached hydrogens (tertiary/aromatic N) is 2. The Kier molecular flexibility index (Phi) is 11.3. The average Bonchev–Trinajstić information content (AvgIpc) is 3.17. The van der Waals surface area contributed by atoms with Crippen LogP contribution in [0, 0.1) is 0 Å². The van der Waals surface area contributed by atoms with Gasteiger partial charge in [-0.05, 0) is 91.1 Å². The van der Waals surface area contributed by atoms with E-state index < -0.39 is 32.2 Å². The highest BCUT2D eigenvalue weighted by Gasteiger charge is 2.60. The Morgan fingerprint density at radius 3 is 1.92 bits per heavy atom. The molecule has 4 aromatic rings. The number of hydrogen-bond donors (Lipinski definition) is 4. The predicted octanol–water partition coefficient (Wildman–Crippen LogP) is 5.90. The van der Waals surface area contributed by atoms with Crippen LogP contribution in [0.5, 0.6) is 11.5 Å². The first-order valence-corrected chi connectivity index (χ1v) is 18.7. The summed E-state index contributed by atoms with van der Waals surface area (Å²) in [5.41, 5.74) is 16.4. The highest BCUT2D eigenvalue weighted by Crippen LogP contribution is 2.70. The van der Waals surface area contributed by atoms with Gasteiger partial charge in [0.2, 0.25) is 0 Å². The highest BCUT2D eigenvalue weighted by atomic mass is 31.2. The number of nitrogen functional groups attached to an aromatic ring is 2. The molecule has 2 saturated heterocycles. The molecule has 0 saturated carbocycles. The molecule has 270 valence electrons. The van der Waals surface area contributed by atoms with Crippen molar-refractivity contribution in [2.24, 2.45) is 0 Å². The smallest absolute Gasteiger partial charge is 0.457 e. The Morgan fingerprint density at radius 1 is 0.784 bits per heavy atom. The summed E-state index contributed by atoms with van der Waals surface area (Å²) in [5.74, 6) is 1.22. The number of nitrogens with two attached hydrogens (primary N) is 2. The van der Waals surface area contributed by atoms with Gasteiger partial charge in [0.1, 0.15) is 23.7 Å². The van der Waals surface area contributed by atoms with Crippen LogP contribution >= 0.6 is 7.94 Å². The van der Waals surface area contributed by atoms with Crippen molar-refractivity contribution in [3.8, 4) is 11.5 Å².